The summed E-state index contributed by atoms with van der Waals surface area (Å²) in [6, 6.07) is 8.65. The number of nitrogens with zero attached hydrogens (tertiary/aromatic N) is 4. The van der Waals surface area contributed by atoms with Crippen LogP contribution in [0.15, 0.2) is 30.3 Å². The number of anilines is 2. The quantitative estimate of drug-likeness (QED) is 0.338. The molecule has 1 atom stereocenters. The predicted octanol–water partition coefficient (Wildman–Crippen LogP) is 3.87. The molecule has 0 spiro atoms. The highest BCUT2D eigenvalue weighted by molar-refractivity contribution is 6.31. The number of nitrogens with one attached hydrogen (secondary N) is 1. The molecule has 200 valence electrons. The molecule has 1 saturated heterocycles. The van der Waals surface area contributed by atoms with Crippen molar-refractivity contribution in [2.45, 2.75) is 13.0 Å². The van der Waals surface area contributed by atoms with Gasteiger partial charge in [0.2, 0.25) is 5.95 Å². The molecular formula is C26H28ClFN6O4. The monoisotopic (exact) mass is 542 g/mol. The van der Waals surface area contributed by atoms with Crippen LogP contribution in [0.1, 0.15) is 17.4 Å². The van der Waals surface area contributed by atoms with Gasteiger partial charge in [-0.3, -0.25) is 4.79 Å². The van der Waals surface area contributed by atoms with Crippen LogP contribution in [0.2, 0.25) is 5.02 Å². The van der Waals surface area contributed by atoms with Crippen molar-refractivity contribution in [3.05, 3.63) is 46.9 Å². The standard InChI is InChI=1S/C26H28ClFN6O4/c1-14-13-33(25(35)19-11-15-10-16(27)4-5-18(15)30-19)6-7-34(14)26-31-22-17(24(29)32-26)12-20(37-3)23(21(22)28)38-9-8-36-2/h4-5,10-12,14,30H,6-9,13H2,1-3H3,(H2,29,31,32). The van der Waals surface area contributed by atoms with Gasteiger partial charge in [0.15, 0.2) is 17.3 Å². The van der Waals surface area contributed by atoms with Crippen molar-refractivity contribution in [2.75, 3.05) is 57.7 Å². The first-order chi connectivity index (χ1) is 18.3. The van der Waals surface area contributed by atoms with Gasteiger partial charge in [-0.1, -0.05) is 11.6 Å². The molecule has 2 aromatic carbocycles. The van der Waals surface area contributed by atoms with Crippen molar-refractivity contribution >= 4 is 51.1 Å². The number of halogens is 2. The molecule has 0 bridgehead atoms. The van der Waals surface area contributed by atoms with E-state index in [-0.39, 0.29) is 53.9 Å². The van der Waals surface area contributed by atoms with Gasteiger partial charge in [-0.2, -0.15) is 4.98 Å². The number of nitrogen functional groups attached to an aromatic ring is 1. The molecule has 1 amide bonds. The summed E-state index contributed by atoms with van der Waals surface area (Å²) in [5.41, 5.74) is 7.60. The summed E-state index contributed by atoms with van der Waals surface area (Å²) in [5, 5.41) is 1.80. The second kappa shape index (κ2) is 10.5. The van der Waals surface area contributed by atoms with E-state index in [1.807, 2.05) is 24.0 Å². The molecule has 1 aliphatic heterocycles. The van der Waals surface area contributed by atoms with Crippen LogP contribution in [-0.4, -0.2) is 78.9 Å². The van der Waals surface area contributed by atoms with Gasteiger partial charge in [0.05, 0.1) is 13.7 Å². The lowest BCUT2D eigenvalue weighted by Crippen LogP contribution is -2.54. The number of hydrogen-bond acceptors (Lipinski definition) is 8. The van der Waals surface area contributed by atoms with E-state index in [2.05, 4.69) is 15.0 Å². The minimum absolute atomic E-state index is 0.0307. The van der Waals surface area contributed by atoms with E-state index in [1.54, 1.807) is 23.1 Å². The molecule has 1 aliphatic rings. The maximum Gasteiger partial charge on any atom is 0.270 e. The average molecular weight is 543 g/mol. The zero-order valence-electron chi connectivity index (χ0n) is 21.3. The van der Waals surface area contributed by atoms with Crippen molar-refractivity contribution < 1.29 is 23.4 Å². The Hall–Kier alpha value is -3.83. The number of piperazine rings is 1. The summed E-state index contributed by atoms with van der Waals surface area (Å²) in [6.45, 7) is 3.67. The zero-order chi connectivity index (χ0) is 27.0. The van der Waals surface area contributed by atoms with E-state index in [0.717, 1.165) is 10.9 Å². The smallest absolute Gasteiger partial charge is 0.270 e. The highest BCUT2D eigenvalue weighted by Crippen LogP contribution is 2.38. The van der Waals surface area contributed by atoms with Crippen LogP contribution in [0.25, 0.3) is 21.8 Å². The van der Waals surface area contributed by atoms with E-state index < -0.39 is 5.82 Å². The minimum atomic E-state index is -0.689. The van der Waals surface area contributed by atoms with Gasteiger partial charge >= 0.3 is 0 Å². The molecule has 0 saturated carbocycles. The number of aromatic amines is 1. The number of carbonyl (C=O) groups is 1. The first-order valence-electron chi connectivity index (χ1n) is 12.1. The first kappa shape index (κ1) is 25.8. The number of carbonyl (C=O) groups excluding carboxylic acids is 1. The number of nitrogens with two attached hydrogens (primary N) is 1. The number of amides is 1. The summed E-state index contributed by atoms with van der Waals surface area (Å²) < 4.78 is 31.4. The second-order valence-corrected chi connectivity index (χ2v) is 9.51. The fourth-order valence-corrected chi connectivity index (χ4v) is 4.85. The lowest BCUT2D eigenvalue weighted by Gasteiger charge is -2.39. The Kier molecular flexibility index (Phi) is 7.13. The summed E-state index contributed by atoms with van der Waals surface area (Å²) in [6.07, 6.45) is 0. The summed E-state index contributed by atoms with van der Waals surface area (Å²) in [7, 11) is 2.95. The summed E-state index contributed by atoms with van der Waals surface area (Å²) >= 11 is 6.08. The Morgan fingerprint density at radius 3 is 2.76 bits per heavy atom. The van der Waals surface area contributed by atoms with Gasteiger partial charge in [-0.15, -0.1) is 0 Å². The molecule has 2 aromatic heterocycles. The molecule has 10 nitrogen and oxygen atoms in total. The Labute approximate surface area is 223 Å². The molecule has 1 unspecified atom stereocenters. The van der Waals surface area contributed by atoms with Gasteiger partial charge in [0, 0.05) is 54.1 Å². The third-order valence-corrected chi connectivity index (χ3v) is 6.84. The van der Waals surface area contributed by atoms with Crippen molar-refractivity contribution in [1.29, 1.82) is 0 Å². The molecule has 3 heterocycles. The maximum absolute atomic E-state index is 15.6. The zero-order valence-corrected chi connectivity index (χ0v) is 22.0. The van der Waals surface area contributed by atoms with Crippen LogP contribution in [0.5, 0.6) is 11.5 Å². The van der Waals surface area contributed by atoms with Crippen molar-refractivity contribution in [2.24, 2.45) is 0 Å². The normalized spacial score (nSPS) is 15.9. The van der Waals surface area contributed by atoms with Gasteiger partial charge in [-0.25, -0.2) is 9.37 Å². The summed E-state index contributed by atoms with van der Waals surface area (Å²) in [4.78, 5) is 29.0. The topological polar surface area (TPSA) is 119 Å². The highest BCUT2D eigenvalue weighted by Gasteiger charge is 2.31. The fourth-order valence-electron chi connectivity index (χ4n) is 4.67. The van der Waals surface area contributed by atoms with E-state index in [9.17, 15) is 4.79 Å². The molecule has 0 radical (unpaired) electrons. The van der Waals surface area contributed by atoms with Gasteiger partial charge in [0.25, 0.3) is 5.91 Å². The molecule has 5 rings (SSSR count). The predicted molar refractivity (Wildman–Crippen MR) is 144 cm³/mol. The van der Waals surface area contributed by atoms with Crippen LogP contribution < -0.4 is 20.1 Å². The Balaban J connectivity index is 1.39. The molecule has 38 heavy (non-hydrogen) atoms. The molecule has 0 aliphatic carbocycles. The third-order valence-electron chi connectivity index (χ3n) is 6.61. The van der Waals surface area contributed by atoms with E-state index in [4.69, 9.17) is 31.5 Å². The van der Waals surface area contributed by atoms with Crippen LogP contribution >= 0.6 is 11.6 Å². The van der Waals surface area contributed by atoms with E-state index in [1.165, 1.54) is 14.2 Å². The van der Waals surface area contributed by atoms with Gasteiger partial charge in [-0.05, 0) is 37.3 Å². The number of hydrogen-bond donors (Lipinski definition) is 2. The van der Waals surface area contributed by atoms with Crippen LogP contribution in [0, 0.1) is 5.82 Å². The largest absolute Gasteiger partial charge is 0.493 e. The van der Waals surface area contributed by atoms with Crippen molar-refractivity contribution in [1.82, 2.24) is 19.9 Å². The summed E-state index contributed by atoms with van der Waals surface area (Å²) in [5.74, 6) is -0.280. The molecular weight excluding hydrogens is 515 g/mol. The highest BCUT2D eigenvalue weighted by atomic mass is 35.5. The first-order valence-corrected chi connectivity index (χ1v) is 12.5. The van der Waals surface area contributed by atoms with E-state index in [0.29, 0.717) is 35.7 Å². The molecule has 3 N–H and O–H groups in total. The Bertz CT molecular complexity index is 1510. The minimum Gasteiger partial charge on any atom is -0.493 e. The fraction of sp³-hybridized carbons (Fsp3) is 0.346. The number of fused-ring (bicyclic) bond motifs is 2. The number of ether oxygens (including phenoxy) is 3. The van der Waals surface area contributed by atoms with E-state index >= 15 is 4.39 Å². The Morgan fingerprint density at radius 2 is 2.03 bits per heavy atom. The number of benzene rings is 2. The third kappa shape index (κ3) is 4.74. The van der Waals surface area contributed by atoms with Gasteiger partial charge in [0.1, 0.15) is 23.6 Å². The van der Waals surface area contributed by atoms with Gasteiger partial charge < -0.3 is 34.7 Å². The van der Waals surface area contributed by atoms with Crippen molar-refractivity contribution in [3.63, 3.8) is 0 Å². The SMILES string of the molecule is COCCOc1c(OC)cc2c(N)nc(N3CCN(C(=O)c4cc5cc(Cl)ccc5[nH]4)CC3C)nc2c1F. The maximum atomic E-state index is 15.6. The number of rotatable bonds is 7. The Morgan fingerprint density at radius 1 is 1.21 bits per heavy atom. The van der Waals surface area contributed by atoms with Crippen molar-refractivity contribution in [3.8, 4) is 11.5 Å². The molecule has 1 fully saturated rings. The molecule has 4 aromatic rings. The number of methoxy groups -OCH3 is 2. The molecule has 12 heteroatoms. The lowest BCUT2D eigenvalue weighted by molar-refractivity contribution is 0.0720. The van der Waals surface area contributed by atoms with Crippen LogP contribution in [0.4, 0.5) is 16.2 Å². The number of H-pyrrole nitrogens is 1. The second-order valence-electron chi connectivity index (χ2n) is 9.08. The average Bonchev–Trinajstić information content (AvgIpc) is 3.33. The van der Waals surface area contributed by atoms with Crippen LogP contribution in [0.3, 0.4) is 0 Å². The number of aromatic nitrogens is 3. The van der Waals surface area contributed by atoms with Crippen LogP contribution in [-0.2, 0) is 4.74 Å². The lowest BCUT2D eigenvalue weighted by atomic mass is 10.1.